The Morgan fingerprint density at radius 3 is 2.87 bits per heavy atom. The van der Waals surface area contributed by atoms with E-state index in [-0.39, 0.29) is 0 Å². The zero-order valence-corrected chi connectivity index (χ0v) is 9.95. The molecule has 0 spiro atoms. The lowest BCUT2D eigenvalue weighted by Gasteiger charge is -2.06. The lowest BCUT2D eigenvalue weighted by atomic mass is 10.2. The van der Waals surface area contributed by atoms with E-state index >= 15 is 0 Å². The summed E-state index contributed by atoms with van der Waals surface area (Å²) < 4.78 is 2.05. The normalized spacial score (nSPS) is 11.2. The third-order valence-corrected chi connectivity index (χ3v) is 2.80. The second kappa shape index (κ2) is 4.10. The highest BCUT2D eigenvalue weighted by Gasteiger charge is 2.10. The maximum Gasteiger partial charge on any atom is 0.183 e. The first-order chi connectivity index (χ1) is 7.16. The van der Waals surface area contributed by atoms with E-state index in [1.807, 2.05) is 12.3 Å². The minimum absolute atomic E-state index is 0.583. The molecule has 0 atom stereocenters. The Bertz CT molecular complexity index is 444. The summed E-state index contributed by atoms with van der Waals surface area (Å²) >= 11 is 1.64. The number of nitrogens with zero attached hydrogens (tertiary/aromatic N) is 4. The topological polar surface area (TPSA) is 43.6 Å². The summed E-state index contributed by atoms with van der Waals surface area (Å²) in [5, 5.41) is 11.1. The van der Waals surface area contributed by atoms with Gasteiger partial charge < -0.3 is 4.57 Å². The summed E-state index contributed by atoms with van der Waals surface area (Å²) in [4.78, 5) is 4.42. The molecule has 0 N–H and O–H groups in total. The van der Waals surface area contributed by atoms with E-state index in [1.54, 1.807) is 17.7 Å². The van der Waals surface area contributed by atoms with Crippen LogP contribution in [0, 0.1) is 12.8 Å². The van der Waals surface area contributed by atoms with Crippen LogP contribution in [0.2, 0.25) is 0 Å². The quantitative estimate of drug-likeness (QED) is 0.800. The predicted molar refractivity (Wildman–Crippen MR) is 60.7 cm³/mol. The molecular formula is C10H14N4S. The van der Waals surface area contributed by atoms with Crippen LogP contribution < -0.4 is 0 Å². The smallest absolute Gasteiger partial charge is 0.183 e. The molecule has 0 unspecified atom stereocenters. The lowest BCUT2D eigenvalue weighted by molar-refractivity contribution is 0.525. The Kier molecular flexibility index (Phi) is 2.81. The zero-order valence-electron chi connectivity index (χ0n) is 9.14. The van der Waals surface area contributed by atoms with E-state index in [9.17, 15) is 0 Å². The van der Waals surface area contributed by atoms with Crippen molar-refractivity contribution in [2.45, 2.75) is 27.3 Å². The molecule has 4 nitrogen and oxygen atoms in total. The minimum Gasteiger partial charge on any atom is -0.312 e. The van der Waals surface area contributed by atoms with Gasteiger partial charge in [-0.25, -0.2) is 4.98 Å². The Morgan fingerprint density at radius 1 is 1.47 bits per heavy atom. The number of hydrogen-bond donors (Lipinski definition) is 0. The molecule has 0 saturated carbocycles. The third kappa shape index (κ3) is 2.23. The highest BCUT2D eigenvalue weighted by molar-refractivity contribution is 7.09. The van der Waals surface area contributed by atoms with Crippen LogP contribution in [0.5, 0.6) is 0 Å². The molecule has 80 valence electrons. The van der Waals surface area contributed by atoms with E-state index in [1.165, 1.54) is 0 Å². The minimum atomic E-state index is 0.583. The van der Waals surface area contributed by atoms with Crippen molar-refractivity contribution in [3.63, 3.8) is 0 Å². The van der Waals surface area contributed by atoms with Crippen molar-refractivity contribution in [3.8, 4) is 11.5 Å². The first-order valence-electron chi connectivity index (χ1n) is 4.97. The zero-order chi connectivity index (χ0) is 10.8. The van der Waals surface area contributed by atoms with E-state index in [2.05, 4.69) is 33.6 Å². The second-order valence-corrected chi connectivity index (χ2v) is 5.01. The van der Waals surface area contributed by atoms with Gasteiger partial charge in [0.1, 0.15) is 12.0 Å². The molecule has 5 heteroatoms. The predicted octanol–water partition coefficient (Wildman–Crippen LogP) is 2.37. The molecule has 0 aromatic carbocycles. The van der Waals surface area contributed by atoms with Gasteiger partial charge in [-0.1, -0.05) is 13.8 Å². The fraction of sp³-hybridized carbons (Fsp3) is 0.500. The first kappa shape index (κ1) is 10.3. The van der Waals surface area contributed by atoms with Crippen LogP contribution in [0.1, 0.15) is 18.9 Å². The SMILES string of the molecule is Cc1nc(-c2nncn2CC(C)C)cs1. The van der Waals surface area contributed by atoms with Gasteiger partial charge in [0.15, 0.2) is 5.82 Å². The third-order valence-electron chi connectivity index (χ3n) is 2.03. The Labute approximate surface area is 93.0 Å². The second-order valence-electron chi connectivity index (χ2n) is 3.95. The molecule has 0 amide bonds. The molecule has 0 aliphatic rings. The summed E-state index contributed by atoms with van der Waals surface area (Å²) in [6.45, 7) is 7.28. The Morgan fingerprint density at radius 2 is 2.27 bits per heavy atom. The van der Waals surface area contributed by atoms with Gasteiger partial charge in [-0.15, -0.1) is 21.5 Å². The number of hydrogen-bond acceptors (Lipinski definition) is 4. The van der Waals surface area contributed by atoms with Crippen molar-refractivity contribution in [1.82, 2.24) is 19.7 Å². The van der Waals surface area contributed by atoms with Crippen molar-refractivity contribution < 1.29 is 0 Å². The molecule has 0 bridgehead atoms. The van der Waals surface area contributed by atoms with Gasteiger partial charge >= 0.3 is 0 Å². The number of thiazole rings is 1. The fourth-order valence-corrected chi connectivity index (χ4v) is 2.04. The van der Waals surface area contributed by atoms with Crippen LogP contribution in [-0.2, 0) is 6.54 Å². The van der Waals surface area contributed by atoms with Crippen LogP contribution in [0.25, 0.3) is 11.5 Å². The summed E-state index contributed by atoms with van der Waals surface area (Å²) in [6, 6.07) is 0. The van der Waals surface area contributed by atoms with Gasteiger partial charge in [-0.3, -0.25) is 0 Å². The van der Waals surface area contributed by atoms with Crippen molar-refractivity contribution in [2.24, 2.45) is 5.92 Å². The maximum absolute atomic E-state index is 4.42. The standard InChI is InChI=1S/C10H14N4S/c1-7(2)4-14-6-11-13-10(14)9-5-15-8(3)12-9/h5-7H,4H2,1-3H3. The molecule has 2 aromatic rings. The molecule has 0 aliphatic heterocycles. The highest BCUT2D eigenvalue weighted by atomic mass is 32.1. The molecule has 0 fully saturated rings. The fourth-order valence-electron chi connectivity index (χ4n) is 1.45. The summed E-state index contributed by atoms with van der Waals surface area (Å²) in [7, 11) is 0. The highest BCUT2D eigenvalue weighted by Crippen LogP contribution is 2.19. The van der Waals surface area contributed by atoms with E-state index in [0.29, 0.717) is 5.92 Å². The molecular weight excluding hydrogens is 208 g/mol. The van der Waals surface area contributed by atoms with Crippen LogP contribution in [0.3, 0.4) is 0 Å². The van der Waals surface area contributed by atoms with Crippen LogP contribution in [0.4, 0.5) is 0 Å². The van der Waals surface area contributed by atoms with Crippen molar-refractivity contribution in [3.05, 3.63) is 16.7 Å². The van der Waals surface area contributed by atoms with E-state index < -0.39 is 0 Å². The molecule has 0 radical (unpaired) electrons. The summed E-state index contributed by atoms with van der Waals surface area (Å²) in [5.74, 6) is 1.45. The van der Waals surface area contributed by atoms with Gasteiger partial charge in [0.2, 0.25) is 0 Å². The molecule has 15 heavy (non-hydrogen) atoms. The molecule has 0 aliphatic carbocycles. The van der Waals surface area contributed by atoms with Crippen molar-refractivity contribution in [1.29, 1.82) is 0 Å². The molecule has 2 aromatic heterocycles. The maximum atomic E-state index is 4.42. The monoisotopic (exact) mass is 222 g/mol. The van der Waals surface area contributed by atoms with Gasteiger partial charge in [-0.2, -0.15) is 0 Å². The Hall–Kier alpha value is -1.23. The molecule has 2 rings (SSSR count). The van der Waals surface area contributed by atoms with Gasteiger partial charge in [0.25, 0.3) is 0 Å². The van der Waals surface area contributed by atoms with Crippen molar-refractivity contribution >= 4 is 11.3 Å². The number of aromatic nitrogens is 4. The summed E-state index contributed by atoms with van der Waals surface area (Å²) in [5.41, 5.74) is 0.927. The largest absolute Gasteiger partial charge is 0.312 e. The molecule has 0 saturated heterocycles. The van der Waals surface area contributed by atoms with E-state index in [4.69, 9.17) is 0 Å². The van der Waals surface area contributed by atoms with Gasteiger partial charge in [0.05, 0.1) is 5.01 Å². The van der Waals surface area contributed by atoms with Crippen molar-refractivity contribution in [2.75, 3.05) is 0 Å². The lowest BCUT2D eigenvalue weighted by Crippen LogP contribution is -2.05. The first-order valence-corrected chi connectivity index (χ1v) is 5.85. The number of aryl methyl sites for hydroxylation is 1. The average molecular weight is 222 g/mol. The van der Waals surface area contributed by atoms with Crippen LogP contribution >= 0.6 is 11.3 Å². The van der Waals surface area contributed by atoms with E-state index in [0.717, 1.165) is 23.1 Å². The van der Waals surface area contributed by atoms with Crippen LogP contribution in [0.15, 0.2) is 11.7 Å². The number of rotatable bonds is 3. The van der Waals surface area contributed by atoms with Crippen LogP contribution in [-0.4, -0.2) is 19.7 Å². The van der Waals surface area contributed by atoms with Gasteiger partial charge in [-0.05, 0) is 12.8 Å². The summed E-state index contributed by atoms with van der Waals surface area (Å²) in [6.07, 6.45) is 1.77. The molecule has 2 heterocycles. The average Bonchev–Trinajstić information content (AvgIpc) is 2.72. The Balaban J connectivity index is 2.32. The van der Waals surface area contributed by atoms with Gasteiger partial charge in [0, 0.05) is 11.9 Å².